The molecule has 1 aliphatic heterocycles. The van der Waals surface area contributed by atoms with Crippen molar-refractivity contribution < 1.29 is 18.7 Å². The van der Waals surface area contributed by atoms with Gasteiger partial charge in [0.1, 0.15) is 11.6 Å². The molecule has 0 saturated carbocycles. The van der Waals surface area contributed by atoms with Crippen molar-refractivity contribution in [1.82, 2.24) is 0 Å². The largest absolute Gasteiger partial charge is 0.494 e. The molecule has 0 aromatic heterocycles. The zero-order valence-electron chi connectivity index (χ0n) is 13.9. The van der Waals surface area contributed by atoms with Gasteiger partial charge in [0.15, 0.2) is 0 Å². The van der Waals surface area contributed by atoms with E-state index in [1.165, 1.54) is 17.0 Å². The zero-order chi connectivity index (χ0) is 17.8. The molecule has 1 saturated heterocycles. The predicted molar refractivity (Wildman–Crippen MR) is 93.1 cm³/mol. The summed E-state index contributed by atoms with van der Waals surface area (Å²) in [6.45, 7) is 2.77. The molecule has 1 heterocycles. The number of hydrogen-bond donors (Lipinski definition) is 1. The highest BCUT2D eigenvalue weighted by atomic mass is 19.1. The third-order valence-electron chi connectivity index (χ3n) is 4.07. The van der Waals surface area contributed by atoms with Crippen LogP contribution in [0.4, 0.5) is 15.8 Å². The molecule has 1 atom stereocenters. The zero-order valence-corrected chi connectivity index (χ0v) is 13.9. The number of rotatable bonds is 5. The van der Waals surface area contributed by atoms with Gasteiger partial charge in [0, 0.05) is 24.3 Å². The van der Waals surface area contributed by atoms with Crippen molar-refractivity contribution in [2.24, 2.45) is 5.92 Å². The van der Waals surface area contributed by atoms with Gasteiger partial charge in [-0.3, -0.25) is 9.59 Å². The minimum atomic E-state index is -0.441. The van der Waals surface area contributed by atoms with Crippen LogP contribution in [0, 0.1) is 11.7 Å². The number of halogens is 1. The molecule has 2 aromatic carbocycles. The first kappa shape index (κ1) is 17.0. The first-order valence-corrected chi connectivity index (χ1v) is 8.16. The van der Waals surface area contributed by atoms with E-state index >= 15 is 0 Å². The van der Waals surface area contributed by atoms with Crippen LogP contribution in [0.2, 0.25) is 0 Å². The van der Waals surface area contributed by atoms with Gasteiger partial charge in [0.05, 0.1) is 12.5 Å². The summed E-state index contributed by atoms with van der Waals surface area (Å²) in [7, 11) is 0. The molecule has 0 radical (unpaired) electrons. The third-order valence-corrected chi connectivity index (χ3v) is 4.07. The van der Waals surface area contributed by atoms with Crippen molar-refractivity contribution in [3.05, 3.63) is 54.3 Å². The summed E-state index contributed by atoms with van der Waals surface area (Å²) in [5.41, 5.74) is 1.25. The van der Waals surface area contributed by atoms with Crippen molar-refractivity contribution in [1.29, 1.82) is 0 Å². The number of anilines is 2. The maximum Gasteiger partial charge on any atom is 0.229 e. The van der Waals surface area contributed by atoms with E-state index in [1.54, 1.807) is 36.4 Å². The molecule has 6 heteroatoms. The first-order valence-electron chi connectivity index (χ1n) is 8.16. The lowest BCUT2D eigenvalue weighted by Crippen LogP contribution is -2.28. The van der Waals surface area contributed by atoms with Gasteiger partial charge in [-0.2, -0.15) is 0 Å². The monoisotopic (exact) mass is 342 g/mol. The van der Waals surface area contributed by atoms with Gasteiger partial charge >= 0.3 is 0 Å². The van der Waals surface area contributed by atoms with Gasteiger partial charge in [-0.15, -0.1) is 0 Å². The van der Waals surface area contributed by atoms with E-state index < -0.39 is 5.92 Å². The molecule has 25 heavy (non-hydrogen) atoms. The highest BCUT2D eigenvalue weighted by Crippen LogP contribution is 2.26. The Balaban J connectivity index is 1.63. The molecule has 130 valence electrons. The van der Waals surface area contributed by atoms with E-state index in [4.69, 9.17) is 4.74 Å². The third kappa shape index (κ3) is 3.96. The highest BCUT2D eigenvalue weighted by molar-refractivity contribution is 6.03. The van der Waals surface area contributed by atoms with Gasteiger partial charge in [0.2, 0.25) is 11.8 Å². The Morgan fingerprint density at radius 3 is 2.52 bits per heavy atom. The van der Waals surface area contributed by atoms with Crippen molar-refractivity contribution in [3.8, 4) is 5.75 Å². The van der Waals surface area contributed by atoms with Gasteiger partial charge in [-0.1, -0.05) is 0 Å². The fourth-order valence-corrected chi connectivity index (χ4v) is 2.80. The van der Waals surface area contributed by atoms with Crippen molar-refractivity contribution >= 4 is 23.2 Å². The van der Waals surface area contributed by atoms with Gasteiger partial charge in [-0.05, 0) is 55.5 Å². The number of carbonyl (C=O) groups is 2. The van der Waals surface area contributed by atoms with E-state index in [9.17, 15) is 14.0 Å². The van der Waals surface area contributed by atoms with E-state index in [-0.39, 0.29) is 30.6 Å². The topological polar surface area (TPSA) is 58.6 Å². The molecule has 0 bridgehead atoms. The van der Waals surface area contributed by atoms with Crippen LogP contribution in [-0.2, 0) is 9.59 Å². The Bertz CT molecular complexity index is 759. The Labute approximate surface area is 145 Å². The number of hydrogen-bond acceptors (Lipinski definition) is 3. The molecule has 5 nitrogen and oxygen atoms in total. The highest BCUT2D eigenvalue weighted by Gasteiger charge is 2.35. The minimum Gasteiger partial charge on any atom is -0.494 e. The summed E-state index contributed by atoms with van der Waals surface area (Å²) in [6.07, 6.45) is 0.139. The second-order valence-corrected chi connectivity index (χ2v) is 5.83. The number of ether oxygens (including phenoxy) is 1. The predicted octanol–water partition coefficient (Wildman–Crippen LogP) is 3.22. The quantitative estimate of drug-likeness (QED) is 0.908. The summed E-state index contributed by atoms with van der Waals surface area (Å²) in [5.74, 6) is -0.413. The molecule has 3 rings (SSSR count). The first-order chi connectivity index (χ1) is 12.1. The average molecular weight is 342 g/mol. The van der Waals surface area contributed by atoms with Crippen LogP contribution in [0.5, 0.6) is 5.75 Å². The Kier molecular flexibility index (Phi) is 4.97. The number of carbonyl (C=O) groups excluding carboxylic acids is 2. The van der Waals surface area contributed by atoms with Crippen LogP contribution in [-0.4, -0.2) is 25.0 Å². The fraction of sp³-hybridized carbons (Fsp3) is 0.263. The van der Waals surface area contributed by atoms with Crippen LogP contribution in [0.25, 0.3) is 0 Å². The molecule has 2 aromatic rings. The summed E-state index contributed by atoms with van der Waals surface area (Å²) in [5, 5.41) is 2.82. The smallest absolute Gasteiger partial charge is 0.229 e. The van der Waals surface area contributed by atoms with E-state index in [0.29, 0.717) is 18.0 Å². The standard InChI is InChI=1S/C19H19FN2O3/c1-2-25-17-9-5-15(6-10-17)21-19(24)13-11-18(23)22(12-13)16-7-3-14(20)4-8-16/h3-10,13H,2,11-12H2,1H3,(H,21,24). The second kappa shape index (κ2) is 7.34. The molecule has 0 spiro atoms. The molecule has 2 amide bonds. The summed E-state index contributed by atoms with van der Waals surface area (Å²) in [6, 6.07) is 12.8. The van der Waals surface area contributed by atoms with E-state index in [0.717, 1.165) is 5.75 Å². The second-order valence-electron chi connectivity index (χ2n) is 5.83. The lowest BCUT2D eigenvalue weighted by atomic mass is 10.1. The van der Waals surface area contributed by atoms with Gasteiger partial charge in [-0.25, -0.2) is 4.39 Å². The molecular weight excluding hydrogens is 323 g/mol. The number of nitrogens with one attached hydrogen (secondary N) is 1. The van der Waals surface area contributed by atoms with Gasteiger partial charge in [0.25, 0.3) is 0 Å². The normalized spacial score (nSPS) is 16.8. The SMILES string of the molecule is CCOc1ccc(NC(=O)C2CC(=O)N(c3ccc(F)cc3)C2)cc1. The Morgan fingerprint density at radius 1 is 1.20 bits per heavy atom. The lowest BCUT2D eigenvalue weighted by Gasteiger charge is -2.16. The average Bonchev–Trinajstić information content (AvgIpc) is 3.00. The maximum atomic E-state index is 13.0. The minimum absolute atomic E-state index is 0.139. The summed E-state index contributed by atoms with van der Waals surface area (Å²) >= 11 is 0. The summed E-state index contributed by atoms with van der Waals surface area (Å²) < 4.78 is 18.4. The summed E-state index contributed by atoms with van der Waals surface area (Å²) in [4.78, 5) is 26.1. The molecule has 1 fully saturated rings. The van der Waals surface area contributed by atoms with Crippen molar-refractivity contribution in [2.75, 3.05) is 23.4 Å². The number of nitrogens with zero attached hydrogens (tertiary/aromatic N) is 1. The van der Waals surface area contributed by atoms with Crippen molar-refractivity contribution in [2.45, 2.75) is 13.3 Å². The molecule has 1 N–H and O–H groups in total. The molecule has 0 aliphatic carbocycles. The Hall–Kier alpha value is -2.89. The Morgan fingerprint density at radius 2 is 1.88 bits per heavy atom. The van der Waals surface area contributed by atoms with Crippen LogP contribution >= 0.6 is 0 Å². The fourth-order valence-electron chi connectivity index (χ4n) is 2.80. The number of amides is 2. The van der Waals surface area contributed by atoms with Crippen LogP contribution < -0.4 is 15.0 Å². The maximum absolute atomic E-state index is 13.0. The van der Waals surface area contributed by atoms with Gasteiger partial charge < -0.3 is 15.0 Å². The van der Waals surface area contributed by atoms with Crippen LogP contribution in [0.15, 0.2) is 48.5 Å². The molecule has 1 aliphatic rings. The van der Waals surface area contributed by atoms with E-state index in [2.05, 4.69) is 5.32 Å². The molecular formula is C19H19FN2O3. The lowest BCUT2D eigenvalue weighted by molar-refractivity contribution is -0.122. The van der Waals surface area contributed by atoms with Crippen molar-refractivity contribution in [3.63, 3.8) is 0 Å². The van der Waals surface area contributed by atoms with E-state index in [1.807, 2.05) is 6.92 Å². The molecule has 1 unspecified atom stereocenters. The number of benzene rings is 2. The van der Waals surface area contributed by atoms with Crippen LogP contribution in [0.3, 0.4) is 0 Å². The van der Waals surface area contributed by atoms with Crippen LogP contribution in [0.1, 0.15) is 13.3 Å².